The van der Waals surface area contributed by atoms with Gasteiger partial charge in [-0.1, -0.05) is 31.2 Å². The topological polar surface area (TPSA) is 85.6 Å². The molecule has 0 atom stereocenters. The van der Waals surface area contributed by atoms with E-state index in [-0.39, 0.29) is 11.4 Å². The van der Waals surface area contributed by atoms with Crippen LogP contribution in [0.2, 0.25) is 30.7 Å². The van der Waals surface area contributed by atoms with Crippen LogP contribution in [0.1, 0.15) is 0 Å². The molecular weight excluding hydrogens is 429 g/mol. The predicted molar refractivity (Wildman–Crippen MR) is 117 cm³/mol. The van der Waals surface area contributed by atoms with Crippen LogP contribution in [0.4, 0.5) is 14.9 Å². The number of hydrogen-bond donors (Lipinski definition) is 2. The maximum atomic E-state index is 14.4. The summed E-state index contributed by atoms with van der Waals surface area (Å²) < 4.78 is 27.7. The summed E-state index contributed by atoms with van der Waals surface area (Å²) in [6, 6.07) is 6.43. The summed E-state index contributed by atoms with van der Waals surface area (Å²) in [5.41, 5.74) is 0.668. The van der Waals surface area contributed by atoms with Crippen LogP contribution in [0, 0.1) is 5.82 Å². The molecule has 1 aromatic carbocycles. The summed E-state index contributed by atoms with van der Waals surface area (Å²) in [7, 11) is -1.18. The number of hydrogen-bond acceptors (Lipinski definition) is 4. The maximum absolute atomic E-state index is 14.4. The van der Waals surface area contributed by atoms with Crippen LogP contribution in [0.25, 0.3) is 11.0 Å². The number of ether oxygens (including phenoxy) is 2. The van der Waals surface area contributed by atoms with Gasteiger partial charge >= 0.3 is 6.09 Å². The van der Waals surface area contributed by atoms with E-state index in [1.807, 2.05) is 0 Å². The lowest BCUT2D eigenvalue weighted by molar-refractivity contribution is 0.0899. The third kappa shape index (κ3) is 5.50. The highest BCUT2D eigenvalue weighted by Crippen LogP contribution is 2.36. The highest BCUT2D eigenvalue weighted by Gasteiger charge is 2.17. The minimum atomic E-state index is -1.28. The summed E-state index contributed by atoms with van der Waals surface area (Å²) in [4.78, 5) is 15.0. The third-order valence-corrected chi connectivity index (χ3v) is 6.29. The summed E-state index contributed by atoms with van der Waals surface area (Å²) in [5.74, 6) is -0.436. The summed E-state index contributed by atoms with van der Waals surface area (Å²) in [6.45, 7) is 7.81. The van der Waals surface area contributed by atoms with E-state index in [1.54, 1.807) is 23.0 Å². The van der Waals surface area contributed by atoms with Gasteiger partial charge in [0.1, 0.15) is 18.1 Å². The van der Waals surface area contributed by atoms with Gasteiger partial charge in [-0.3, -0.25) is 5.32 Å². The van der Waals surface area contributed by atoms with Crippen molar-refractivity contribution in [3.8, 4) is 11.5 Å². The molecule has 0 radical (unpaired) electrons. The SMILES string of the molecule is C[Si](C)(C)CCOCn1cc(Cl)c2c(Oc3ccc(NC(=O)O)cc3F)ccnc21. The Morgan fingerprint density at radius 2 is 2.07 bits per heavy atom. The van der Waals surface area contributed by atoms with Gasteiger partial charge in [0.05, 0.1) is 10.4 Å². The Bertz CT molecular complexity index is 1070. The van der Waals surface area contributed by atoms with Crippen molar-refractivity contribution in [3.05, 3.63) is 47.5 Å². The Morgan fingerprint density at radius 3 is 2.73 bits per heavy atom. The van der Waals surface area contributed by atoms with E-state index in [9.17, 15) is 9.18 Å². The molecule has 0 aliphatic heterocycles. The number of rotatable bonds is 8. The Balaban J connectivity index is 1.81. The Labute approximate surface area is 179 Å². The number of amides is 1. The zero-order valence-electron chi connectivity index (χ0n) is 16.9. The van der Waals surface area contributed by atoms with Crippen molar-refractivity contribution in [1.29, 1.82) is 0 Å². The van der Waals surface area contributed by atoms with Crippen molar-refractivity contribution in [2.45, 2.75) is 32.4 Å². The van der Waals surface area contributed by atoms with Gasteiger partial charge in [0.15, 0.2) is 11.6 Å². The molecule has 0 spiro atoms. The first-order chi connectivity index (χ1) is 14.1. The Hall–Kier alpha value is -2.62. The van der Waals surface area contributed by atoms with E-state index in [4.69, 9.17) is 26.2 Å². The number of nitrogens with zero attached hydrogens (tertiary/aromatic N) is 2. The second-order valence-corrected chi connectivity index (χ2v) is 14.0. The summed E-state index contributed by atoms with van der Waals surface area (Å²) in [5, 5.41) is 11.8. The molecule has 3 rings (SSSR count). The molecule has 30 heavy (non-hydrogen) atoms. The van der Waals surface area contributed by atoms with Crippen molar-refractivity contribution < 1.29 is 23.8 Å². The number of halogens is 2. The highest BCUT2D eigenvalue weighted by atomic mass is 35.5. The van der Waals surface area contributed by atoms with Crippen LogP contribution in [-0.2, 0) is 11.5 Å². The van der Waals surface area contributed by atoms with Crippen molar-refractivity contribution in [2.75, 3.05) is 11.9 Å². The molecule has 2 aromatic heterocycles. The summed E-state index contributed by atoms with van der Waals surface area (Å²) in [6.07, 6.45) is 1.97. The number of fused-ring (bicyclic) bond motifs is 1. The minimum Gasteiger partial charge on any atom is -0.465 e. The normalized spacial score (nSPS) is 11.6. The lowest BCUT2D eigenvalue weighted by Crippen LogP contribution is -2.22. The van der Waals surface area contributed by atoms with Gasteiger partial charge in [0, 0.05) is 38.8 Å². The van der Waals surface area contributed by atoms with Gasteiger partial charge in [0.2, 0.25) is 0 Å². The zero-order valence-corrected chi connectivity index (χ0v) is 18.7. The van der Waals surface area contributed by atoms with Gasteiger partial charge < -0.3 is 19.1 Å². The van der Waals surface area contributed by atoms with Crippen molar-refractivity contribution in [1.82, 2.24) is 9.55 Å². The first kappa shape index (κ1) is 22.1. The van der Waals surface area contributed by atoms with E-state index < -0.39 is 20.0 Å². The quantitative estimate of drug-likeness (QED) is 0.323. The first-order valence-corrected chi connectivity index (χ1v) is 13.4. The average Bonchev–Trinajstić information content (AvgIpc) is 2.97. The van der Waals surface area contributed by atoms with Crippen LogP contribution >= 0.6 is 11.6 Å². The molecular formula is C20H23ClFN3O4Si. The molecule has 160 valence electrons. The Morgan fingerprint density at radius 1 is 1.30 bits per heavy atom. The largest absolute Gasteiger partial charge is 0.465 e. The minimum absolute atomic E-state index is 0.0614. The van der Waals surface area contributed by atoms with E-state index in [1.165, 1.54) is 12.1 Å². The van der Waals surface area contributed by atoms with E-state index >= 15 is 0 Å². The predicted octanol–water partition coefficient (Wildman–Crippen LogP) is 6.02. The molecule has 7 nitrogen and oxygen atoms in total. The molecule has 10 heteroatoms. The molecule has 0 saturated carbocycles. The molecule has 2 N–H and O–H groups in total. The smallest absolute Gasteiger partial charge is 0.409 e. The molecule has 1 amide bonds. The maximum Gasteiger partial charge on any atom is 0.409 e. The molecule has 0 unspecified atom stereocenters. The zero-order chi connectivity index (χ0) is 21.9. The number of pyridine rings is 1. The van der Waals surface area contributed by atoms with Gasteiger partial charge in [-0.05, 0) is 24.2 Å². The fourth-order valence-electron chi connectivity index (χ4n) is 2.77. The number of carbonyl (C=O) groups is 1. The van der Waals surface area contributed by atoms with Crippen LogP contribution in [0.15, 0.2) is 36.7 Å². The second kappa shape index (κ2) is 9.03. The highest BCUT2D eigenvalue weighted by molar-refractivity contribution is 6.76. The van der Waals surface area contributed by atoms with E-state index in [0.717, 1.165) is 12.1 Å². The number of anilines is 1. The second-order valence-electron chi connectivity index (χ2n) is 7.98. The molecule has 0 aliphatic rings. The van der Waals surface area contributed by atoms with Crippen molar-refractivity contribution in [3.63, 3.8) is 0 Å². The fraction of sp³-hybridized carbons (Fsp3) is 0.300. The number of nitrogens with one attached hydrogen (secondary N) is 1. The van der Waals surface area contributed by atoms with E-state index in [2.05, 4.69) is 29.9 Å². The van der Waals surface area contributed by atoms with Crippen LogP contribution < -0.4 is 10.1 Å². The lowest BCUT2D eigenvalue weighted by atomic mass is 10.2. The Kier molecular flexibility index (Phi) is 6.64. The molecule has 2 heterocycles. The fourth-order valence-corrected chi connectivity index (χ4v) is 3.82. The van der Waals surface area contributed by atoms with Crippen LogP contribution in [0.5, 0.6) is 11.5 Å². The molecule has 3 aromatic rings. The van der Waals surface area contributed by atoms with Crippen LogP contribution in [-0.4, -0.2) is 35.4 Å². The molecule has 0 aliphatic carbocycles. The molecule has 0 fully saturated rings. The standard InChI is InChI=1S/C20H23ClFN3O4Si/c1-30(2,3)9-8-28-12-25-11-14(21)18-17(6-7-23-19(18)25)29-16-5-4-13(10-15(16)22)24-20(26)27/h4-7,10-11,24H,8-9,12H2,1-3H3,(H,26,27). The van der Waals surface area contributed by atoms with Crippen molar-refractivity contribution >= 4 is 42.5 Å². The lowest BCUT2D eigenvalue weighted by Gasteiger charge is -2.15. The monoisotopic (exact) mass is 451 g/mol. The first-order valence-electron chi connectivity index (χ1n) is 9.32. The molecule has 0 bridgehead atoms. The van der Waals surface area contributed by atoms with Gasteiger partial charge in [-0.15, -0.1) is 0 Å². The molecule has 0 saturated heterocycles. The van der Waals surface area contributed by atoms with Gasteiger partial charge in [-0.25, -0.2) is 14.2 Å². The summed E-state index contributed by atoms with van der Waals surface area (Å²) >= 11 is 6.40. The number of aromatic nitrogens is 2. The van der Waals surface area contributed by atoms with Gasteiger partial charge in [-0.2, -0.15) is 0 Å². The number of benzene rings is 1. The average molecular weight is 452 g/mol. The third-order valence-electron chi connectivity index (χ3n) is 4.30. The van der Waals surface area contributed by atoms with Gasteiger partial charge in [0.25, 0.3) is 0 Å². The van der Waals surface area contributed by atoms with E-state index in [0.29, 0.717) is 35.1 Å². The number of carboxylic acid groups (broad SMARTS) is 1. The van der Waals surface area contributed by atoms with Crippen molar-refractivity contribution in [2.24, 2.45) is 0 Å². The van der Waals surface area contributed by atoms with Crippen LogP contribution in [0.3, 0.4) is 0 Å².